The number of carbonyl (C=O) groups is 1. The molecule has 0 saturated carbocycles. The first-order valence-corrected chi connectivity index (χ1v) is 10.7. The molecule has 2 aliphatic heterocycles. The molecule has 3 heterocycles. The molecule has 4 rings (SSSR count). The molecule has 0 aliphatic carbocycles. The van der Waals surface area contributed by atoms with Gasteiger partial charge in [0.2, 0.25) is 0 Å². The molecular weight excluding hydrogens is 358 g/mol. The molecule has 2 fully saturated rings. The molecule has 0 spiro atoms. The molecule has 6 heteroatoms. The van der Waals surface area contributed by atoms with Gasteiger partial charge in [0.15, 0.2) is 5.13 Å². The Labute approximate surface area is 165 Å². The van der Waals surface area contributed by atoms with Crippen LogP contribution in [0.4, 0.5) is 5.13 Å². The minimum atomic E-state index is 0.112. The quantitative estimate of drug-likeness (QED) is 0.788. The SMILES string of the molecule is COc1ccc(C(=O)N2CCC(C)CC2)cc1-c1csc(N2CCCC2)n1. The fraction of sp³-hybridized carbons (Fsp3) is 0.524. The third kappa shape index (κ3) is 3.81. The molecule has 2 saturated heterocycles. The topological polar surface area (TPSA) is 45.7 Å². The number of methoxy groups -OCH3 is 1. The van der Waals surface area contributed by atoms with Gasteiger partial charge >= 0.3 is 0 Å². The Morgan fingerprint density at radius 1 is 1.19 bits per heavy atom. The molecule has 0 atom stereocenters. The van der Waals surface area contributed by atoms with Crippen LogP contribution in [0.3, 0.4) is 0 Å². The molecule has 27 heavy (non-hydrogen) atoms. The summed E-state index contributed by atoms with van der Waals surface area (Å²) in [5.41, 5.74) is 2.51. The lowest BCUT2D eigenvalue weighted by Crippen LogP contribution is -2.37. The Balaban J connectivity index is 1.60. The van der Waals surface area contributed by atoms with Gasteiger partial charge in [-0.25, -0.2) is 4.98 Å². The van der Waals surface area contributed by atoms with Crippen LogP contribution in [0.2, 0.25) is 0 Å². The summed E-state index contributed by atoms with van der Waals surface area (Å²) >= 11 is 1.67. The predicted octanol–water partition coefficient (Wildman–Crippen LogP) is 4.29. The lowest BCUT2D eigenvalue weighted by molar-refractivity contribution is 0.0697. The summed E-state index contributed by atoms with van der Waals surface area (Å²) in [4.78, 5) is 22.1. The number of carbonyl (C=O) groups excluding carboxylic acids is 1. The first-order valence-electron chi connectivity index (χ1n) is 9.84. The summed E-state index contributed by atoms with van der Waals surface area (Å²) in [7, 11) is 1.67. The van der Waals surface area contributed by atoms with Gasteiger partial charge in [-0.05, 0) is 49.8 Å². The highest BCUT2D eigenvalue weighted by Crippen LogP contribution is 2.35. The molecule has 5 nitrogen and oxygen atoms in total. The molecule has 0 bridgehead atoms. The monoisotopic (exact) mass is 385 g/mol. The number of rotatable bonds is 4. The van der Waals surface area contributed by atoms with Gasteiger partial charge < -0.3 is 14.5 Å². The van der Waals surface area contributed by atoms with E-state index in [0.717, 1.165) is 66.7 Å². The predicted molar refractivity (Wildman–Crippen MR) is 110 cm³/mol. The van der Waals surface area contributed by atoms with Crippen molar-refractivity contribution < 1.29 is 9.53 Å². The van der Waals surface area contributed by atoms with Gasteiger partial charge in [0, 0.05) is 42.7 Å². The third-order valence-electron chi connectivity index (χ3n) is 5.66. The number of ether oxygens (including phenoxy) is 1. The Hall–Kier alpha value is -2.08. The molecule has 144 valence electrons. The van der Waals surface area contributed by atoms with Crippen LogP contribution >= 0.6 is 11.3 Å². The van der Waals surface area contributed by atoms with Crippen molar-refractivity contribution in [3.63, 3.8) is 0 Å². The summed E-state index contributed by atoms with van der Waals surface area (Å²) in [6.45, 7) is 6.10. The number of piperidine rings is 1. The van der Waals surface area contributed by atoms with Gasteiger partial charge in [0.25, 0.3) is 5.91 Å². The minimum Gasteiger partial charge on any atom is -0.496 e. The van der Waals surface area contributed by atoms with Crippen molar-refractivity contribution in [2.45, 2.75) is 32.6 Å². The maximum atomic E-state index is 13.0. The van der Waals surface area contributed by atoms with Crippen LogP contribution in [-0.4, -0.2) is 49.1 Å². The molecule has 2 aromatic rings. The van der Waals surface area contributed by atoms with E-state index in [9.17, 15) is 4.79 Å². The second kappa shape index (κ2) is 7.89. The van der Waals surface area contributed by atoms with Crippen molar-refractivity contribution in [1.82, 2.24) is 9.88 Å². The summed E-state index contributed by atoms with van der Waals surface area (Å²) in [5, 5.41) is 3.13. The van der Waals surface area contributed by atoms with Gasteiger partial charge in [0.05, 0.1) is 12.8 Å². The molecule has 0 unspecified atom stereocenters. The minimum absolute atomic E-state index is 0.112. The zero-order valence-corrected chi connectivity index (χ0v) is 16.9. The maximum Gasteiger partial charge on any atom is 0.253 e. The van der Waals surface area contributed by atoms with Crippen LogP contribution in [-0.2, 0) is 0 Å². The van der Waals surface area contributed by atoms with Gasteiger partial charge in [0.1, 0.15) is 5.75 Å². The highest BCUT2D eigenvalue weighted by molar-refractivity contribution is 7.14. The number of amides is 1. The zero-order chi connectivity index (χ0) is 18.8. The van der Waals surface area contributed by atoms with E-state index in [-0.39, 0.29) is 5.91 Å². The van der Waals surface area contributed by atoms with Crippen LogP contribution in [0.25, 0.3) is 11.3 Å². The third-order valence-corrected chi connectivity index (χ3v) is 6.56. The second-order valence-corrected chi connectivity index (χ2v) is 8.44. The number of benzene rings is 1. The smallest absolute Gasteiger partial charge is 0.253 e. The number of hydrogen-bond acceptors (Lipinski definition) is 5. The van der Waals surface area contributed by atoms with Crippen LogP contribution < -0.4 is 9.64 Å². The Bertz CT molecular complexity index is 806. The fourth-order valence-corrected chi connectivity index (χ4v) is 4.76. The summed E-state index contributed by atoms with van der Waals surface area (Å²) in [6.07, 6.45) is 4.63. The van der Waals surface area contributed by atoms with Gasteiger partial charge in [-0.15, -0.1) is 11.3 Å². The highest BCUT2D eigenvalue weighted by atomic mass is 32.1. The zero-order valence-electron chi connectivity index (χ0n) is 16.1. The van der Waals surface area contributed by atoms with E-state index >= 15 is 0 Å². The van der Waals surface area contributed by atoms with Crippen LogP contribution in [0.1, 0.15) is 43.0 Å². The van der Waals surface area contributed by atoms with Crippen LogP contribution in [0.15, 0.2) is 23.6 Å². The van der Waals surface area contributed by atoms with E-state index in [1.807, 2.05) is 23.1 Å². The van der Waals surface area contributed by atoms with Gasteiger partial charge in [-0.2, -0.15) is 0 Å². The summed E-state index contributed by atoms with van der Waals surface area (Å²) in [5.74, 6) is 1.58. The van der Waals surface area contributed by atoms with Crippen LogP contribution in [0, 0.1) is 5.92 Å². The average molecular weight is 386 g/mol. The van der Waals surface area contributed by atoms with Crippen molar-refractivity contribution in [3.05, 3.63) is 29.1 Å². The molecule has 0 radical (unpaired) electrons. The van der Waals surface area contributed by atoms with Crippen molar-refractivity contribution in [1.29, 1.82) is 0 Å². The normalized spacial score (nSPS) is 18.1. The standard InChI is InChI=1S/C21H27N3O2S/c1-15-7-11-23(12-8-15)20(25)16-5-6-19(26-2)17(13-16)18-14-27-21(22-18)24-9-3-4-10-24/h5-6,13-15H,3-4,7-12H2,1-2H3. The average Bonchev–Trinajstić information content (AvgIpc) is 3.39. The summed E-state index contributed by atoms with van der Waals surface area (Å²) < 4.78 is 5.55. The largest absolute Gasteiger partial charge is 0.496 e. The second-order valence-electron chi connectivity index (χ2n) is 7.60. The van der Waals surface area contributed by atoms with E-state index in [0.29, 0.717) is 5.92 Å². The molecule has 2 aliphatic rings. The molecule has 1 amide bonds. The van der Waals surface area contributed by atoms with Crippen molar-refractivity contribution >= 4 is 22.4 Å². The van der Waals surface area contributed by atoms with Gasteiger partial charge in [-0.3, -0.25) is 4.79 Å². The number of hydrogen-bond donors (Lipinski definition) is 0. The van der Waals surface area contributed by atoms with Crippen molar-refractivity contribution in [3.8, 4) is 17.0 Å². The maximum absolute atomic E-state index is 13.0. The van der Waals surface area contributed by atoms with Crippen LogP contribution in [0.5, 0.6) is 5.75 Å². The van der Waals surface area contributed by atoms with Gasteiger partial charge in [-0.1, -0.05) is 6.92 Å². The number of likely N-dealkylation sites (tertiary alicyclic amines) is 1. The fourth-order valence-electron chi connectivity index (χ4n) is 3.88. The van der Waals surface area contributed by atoms with E-state index in [2.05, 4.69) is 17.2 Å². The lowest BCUT2D eigenvalue weighted by atomic mass is 9.98. The van der Waals surface area contributed by atoms with Crippen molar-refractivity contribution in [2.24, 2.45) is 5.92 Å². The summed E-state index contributed by atoms with van der Waals surface area (Å²) in [6, 6.07) is 5.71. The number of aromatic nitrogens is 1. The Morgan fingerprint density at radius 2 is 1.93 bits per heavy atom. The van der Waals surface area contributed by atoms with E-state index < -0.39 is 0 Å². The van der Waals surface area contributed by atoms with Crippen molar-refractivity contribution in [2.75, 3.05) is 38.2 Å². The molecule has 1 aromatic carbocycles. The molecule has 0 N–H and O–H groups in total. The first kappa shape index (κ1) is 18.3. The lowest BCUT2D eigenvalue weighted by Gasteiger charge is -2.30. The first-order chi connectivity index (χ1) is 13.2. The number of thiazole rings is 1. The number of anilines is 1. The van der Waals surface area contributed by atoms with E-state index in [1.54, 1.807) is 18.4 Å². The van der Waals surface area contributed by atoms with E-state index in [1.165, 1.54) is 12.8 Å². The molecule has 1 aromatic heterocycles. The molecular formula is C21H27N3O2S. The highest BCUT2D eigenvalue weighted by Gasteiger charge is 2.23. The van der Waals surface area contributed by atoms with E-state index in [4.69, 9.17) is 9.72 Å². The Morgan fingerprint density at radius 3 is 2.63 bits per heavy atom. The number of nitrogens with zero attached hydrogens (tertiary/aromatic N) is 3. The Kier molecular flexibility index (Phi) is 5.34.